The summed E-state index contributed by atoms with van der Waals surface area (Å²) in [6, 6.07) is 2.88. The van der Waals surface area contributed by atoms with Crippen molar-refractivity contribution in [1.29, 1.82) is 0 Å². The molecule has 0 amide bonds. The zero-order chi connectivity index (χ0) is 14.2. The van der Waals surface area contributed by atoms with E-state index in [1.807, 2.05) is 0 Å². The number of hydrogen-bond acceptors (Lipinski definition) is 2. The summed E-state index contributed by atoms with van der Waals surface area (Å²) in [7, 11) is 0. The minimum Gasteiger partial charge on any atom is -0.330 e. The molecule has 0 atom stereocenters. The van der Waals surface area contributed by atoms with Crippen LogP contribution in [0.2, 0.25) is 0 Å². The Labute approximate surface area is 115 Å². The molecule has 2 aromatic rings. The molecule has 8 heteroatoms. The van der Waals surface area contributed by atoms with E-state index in [2.05, 4.69) is 4.98 Å². The molecule has 0 aliphatic carbocycles. The van der Waals surface area contributed by atoms with Crippen LogP contribution in [0.5, 0.6) is 0 Å². The molecule has 1 aromatic heterocycles. The summed E-state index contributed by atoms with van der Waals surface area (Å²) >= 11 is 4.94. The number of aryl methyl sites for hydroxylation is 2. The van der Waals surface area contributed by atoms with E-state index in [1.54, 1.807) is 17.6 Å². The lowest BCUT2D eigenvalue weighted by Crippen LogP contribution is -2.07. The first-order valence-electron chi connectivity index (χ1n) is 5.37. The Kier molecular flexibility index (Phi) is 3.91. The smallest absolute Gasteiger partial charge is 0.330 e. The van der Waals surface area contributed by atoms with E-state index in [9.17, 15) is 17.6 Å². The van der Waals surface area contributed by atoms with Crippen LogP contribution in [-0.2, 0) is 6.54 Å². The van der Waals surface area contributed by atoms with Crippen molar-refractivity contribution in [3.8, 4) is 0 Å². The summed E-state index contributed by atoms with van der Waals surface area (Å²) in [6.07, 6.45) is 0. The molecule has 0 saturated carbocycles. The monoisotopic (exact) mass is 310 g/mol. The second-order valence-corrected chi connectivity index (χ2v) is 5.54. The topological polar surface area (TPSA) is 20.7 Å². The molecular weight excluding hydrogens is 300 g/mol. The number of alkyl halides is 3. The van der Waals surface area contributed by atoms with Gasteiger partial charge in [0.15, 0.2) is 4.77 Å². The number of nitrogens with one attached hydrogen (secondary N) is 1. The Morgan fingerprint density at radius 2 is 2.05 bits per heavy atom. The highest BCUT2D eigenvalue weighted by Crippen LogP contribution is 2.30. The van der Waals surface area contributed by atoms with Gasteiger partial charge in [-0.3, -0.25) is 0 Å². The average Bonchev–Trinajstić information content (AvgIpc) is 2.55. The van der Waals surface area contributed by atoms with Crippen LogP contribution in [0.1, 0.15) is 5.56 Å². The van der Waals surface area contributed by atoms with Gasteiger partial charge in [-0.05, 0) is 48.6 Å². The number of benzene rings is 1. The second kappa shape index (κ2) is 5.16. The van der Waals surface area contributed by atoms with Gasteiger partial charge in [-0.15, -0.1) is 0 Å². The van der Waals surface area contributed by atoms with Crippen LogP contribution < -0.4 is 0 Å². The molecule has 0 radical (unpaired) electrons. The predicted molar refractivity (Wildman–Crippen MR) is 70.3 cm³/mol. The van der Waals surface area contributed by atoms with Crippen LogP contribution >= 0.6 is 24.0 Å². The summed E-state index contributed by atoms with van der Waals surface area (Å²) < 4.78 is 51.5. The Bertz CT molecular complexity index is 657. The fourth-order valence-corrected chi connectivity index (χ4v) is 2.56. The largest absolute Gasteiger partial charge is 0.441 e. The first kappa shape index (κ1) is 14.4. The minimum absolute atomic E-state index is 0.0987. The van der Waals surface area contributed by atoms with E-state index >= 15 is 0 Å². The van der Waals surface area contributed by atoms with Crippen molar-refractivity contribution in [3.05, 3.63) is 28.3 Å². The number of rotatable bonds is 3. The third-order valence-electron chi connectivity index (χ3n) is 2.64. The summed E-state index contributed by atoms with van der Waals surface area (Å²) in [6.45, 7) is 1.72. The maximum Gasteiger partial charge on any atom is 0.441 e. The van der Waals surface area contributed by atoms with Crippen LogP contribution in [-0.4, -0.2) is 20.8 Å². The highest BCUT2D eigenvalue weighted by molar-refractivity contribution is 8.00. The zero-order valence-corrected chi connectivity index (χ0v) is 11.5. The lowest BCUT2D eigenvalue weighted by molar-refractivity contribution is -0.0328. The maximum absolute atomic E-state index is 13.4. The van der Waals surface area contributed by atoms with Crippen molar-refractivity contribution in [3.63, 3.8) is 0 Å². The molecule has 0 bridgehead atoms. The van der Waals surface area contributed by atoms with Crippen molar-refractivity contribution in [2.24, 2.45) is 0 Å². The van der Waals surface area contributed by atoms with Gasteiger partial charge in [0.25, 0.3) is 0 Å². The molecule has 2 nitrogen and oxygen atoms in total. The number of imidazole rings is 1. The van der Waals surface area contributed by atoms with Gasteiger partial charge >= 0.3 is 5.51 Å². The quantitative estimate of drug-likeness (QED) is 0.670. The van der Waals surface area contributed by atoms with Gasteiger partial charge in [0.2, 0.25) is 0 Å². The van der Waals surface area contributed by atoms with Crippen LogP contribution in [0.3, 0.4) is 0 Å². The van der Waals surface area contributed by atoms with Gasteiger partial charge in [0, 0.05) is 12.3 Å². The number of hydrogen-bond donors (Lipinski definition) is 1. The van der Waals surface area contributed by atoms with E-state index in [0.29, 0.717) is 21.4 Å². The number of nitrogens with zero attached hydrogens (tertiary/aromatic N) is 1. The molecule has 0 fully saturated rings. The lowest BCUT2D eigenvalue weighted by Gasteiger charge is -2.07. The highest BCUT2D eigenvalue weighted by atomic mass is 32.2. The van der Waals surface area contributed by atoms with Gasteiger partial charge in [0.1, 0.15) is 5.82 Å². The van der Waals surface area contributed by atoms with E-state index in [1.165, 1.54) is 6.07 Å². The van der Waals surface area contributed by atoms with Gasteiger partial charge in [0.05, 0.1) is 11.0 Å². The number of thioether (sulfide) groups is 1. The van der Waals surface area contributed by atoms with Gasteiger partial charge in [-0.1, -0.05) is 0 Å². The van der Waals surface area contributed by atoms with Crippen molar-refractivity contribution in [1.82, 2.24) is 9.55 Å². The molecule has 1 heterocycles. The van der Waals surface area contributed by atoms with Gasteiger partial charge in [-0.25, -0.2) is 4.39 Å². The molecule has 0 saturated heterocycles. The fraction of sp³-hybridized carbons (Fsp3) is 0.364. The third-order valence-corrected chi connectivity index (χ3v) is 3.67. The molecule has 1 aromatic carbocycles. The van der Waals surface area contributed by atoms with Crippen LogP contribution in [0.25, 0.3) is 11.0 Å². The predicted octanol–water partition coefficient (Wildman–Crippen LogP) is 4.40. The Balaban J connectivity index is 2.30. The third kappa shape index (κ3) is 3.30. The van der Waals surface area contributed by atoms with E-state index in [0.717, 1.165) is 0 Å². The summed E-state index contributed by atoms with van der Waals surface area (Å²) in [5.41, 5.74) is -2.72. The van der Waals surface area contributed by atoms with Crippen LogP contribution in [0.15, 0.2) is 12.1 Å². The number of aromatic nitrogens is 2. The minimum atomic E-state index is -4.25. The number of H-pyrrole nitrogens is 1. The molecule has 0 aliphatic heterocycles. The fourth-order valence-electron chi connectivity index (χ4n) is 1.76. The molecule has 19 heavy (non-hydrogen) atoms. The first-order valence-corrected chi connectivity index (χ1v) is 6.76. The Hall–Kier alpha value is -1.02. The molecule has 0 unspecified atom stereocenters. The van der Waals surface area contributed by atoms with Crippen LogP contribution in [0.4, 0.5) is 17.6 Å². The van der Waals surface area contributed by atoms with Gasteiger partial charge in [-0.2, -0.15) is 13.2 Å². The van der Waals surface area contributed by atoms with Crippen molar-refractivity contribution in [2.75, 3.05) is 5.75 Å². The Morgan fingerprint density at radius 3 is 2.68 bits per heavy atom. The van der Waals surface area contributed by atoms with Crippen molar-refractivity contribution < 1.29 is 17.6 Å². The number of halogens is 4. The molecule has 0 aliphatic rings. The van der Waals surface area contributed by atoms with E-state index < -0.39 is 5.51 Å². The lowest BCUT2D eigenvalue weighted by atomic mass is 10.2. The first-order chi connectivity index (χ1) is 8.78. The van der Waals surface area contributed by atoms with E-state index in [-0.39, 0.29) is 29.9 Å². The zero-order valence-electron chi connectivity index (χ0n) is 9.84. The molecular formula is C11H10F4N2S2. The van der Waals surface area contributed by atoms with Gasteiger partial charge < -0.3 is 9.55 Å². The van der Waals surface area contributed by atoms with Crippen molar-refractivity contribution in [2.45, 2.75) is 19.0 Å². The number of fused-ring (bicyclic) bond motifs is 1. The SMILES string of the molecule is Cc1cc2c(cc1F)[nH]c(=S)n2CCSC(F)(F)F. The average molecular weight is 310 g/mol. The summed E-state index contributed by atoms with van der Waals surface area (Å²) in [4.78, 5) is 2.79. The van der Waals surface area contributed by atoms with Crippen LogP contribution in [0, 0.1) is 17.5 Å². The number of aromatic amines is 1. The molecule has 0 spiro atoms. The molecule has 2 rings (SSSR count). The Morgan fingerprint density at radius 1 is 1.37 bits per heavy atom. The maximum atomic E-state index is 13.4. The van der Waals surface area contributed by atoms with E-state index in [4.69, 9.17) is 12.2 Å². The van der Waals surface area contributed by atoms with Crippen molar-refractivity contribution >= 4 is 35.0 Å². The standard InChI is InChI=1S/C11H10F4N2S2/c1-6-4-9-8(5-7(6)12)16-10(18)17(9)2-3-19-11(13,14)15/h4-5H,2-3H2,1H3,(H,16,18). The summed E-state index contributed by atoms with van der Waals surface area (Å²) in [5, 5.41) is 0. The summed E-state index contributed by atoms with van der Waals surface area (Å²) in [5.74, 6) is -0.512. The molecule has 104 valence electrons. The second-order valence-electron chi connectivity index (χ2n) is 3.99. The highest BCUT2D eigenvalue weighted by Gasteiger charge is 2.27. The normalized spacial score (nSPS) is 12.3. The molecule has 1 N–H and O–H groups in total.